The summed E-state index contributed by atoms with van der Waals surface area (Å²) in [6, 6.07) is 10.2. The van der Waals surface area contributed by atoms with Crippen molar-refractivity contribution in [2.45, 2.75) is 58.2 Å². The van der Waals surface area contributed by atoms with E-state index in [1.165, 1.54) is 0 Å². The molecule has 0 radical (unpaired) electrons. The summed E-state index contributed by atoms with van der Waals surface area (Å²) in [6.45, 7) is 3.87. The molecule has 6 heteroatoms. The van der Waals surface area contributed by atoms with Gasteiger partial charge in [0, 0.05) is 25.7 Å². The summed E-state index contributed by atoms with van der Waals surface area (Å²) in [4.78, 5) is 32.2. The van der Waals surface area contributed by atoms with Gasteiger partial charge in [-0.25, -0.2) is 4.98 Å². The lowest BCUT2D eigenvalue weighted by Crippen LogP contribution is -2.33. The Morgan fingerprint density at radius 1 is 1.22 bits per heavy atom. The molecule has 2 amide bonds. The zero-order valence-electron chi connectivity index (χ0n) is 15.8. The summed E-state index contributed by atoms with van der Waals surface area (Å²) in [6.07, 6.45) is 4.92. The van der Waals surface area contributed by atoms with E-state index in [9.17, 15) is 9.59 Å². The number of carbonyl (C=O) groups is 2. The van der Waals surface area contributed by atoms with Crippen LogP contribution in [-0.2, 0) is 19.5 Å². The quantitative estimate of drug-likeness (QED) is 0.855. The molecule has 142 valence electrons. The predicted molar refractivity (Wildman–Crippen MR) is 103 cm³/mol. The Balaban J connectivity index is 1.62. The first-order valence-corrected chi connectivity index (χ1v) is 9.91. The number of rotatable bonds is 6. The van der Waals surface area contributed by atoms with Crippen molar-refractivity contribution in [1.82, 2.24) is 19.8 Å². The molecule has 0 unspecified atom stereocenters. The third kappa shape index (κ3) is 3.75. The van der Waals surface area contributed by atoms with Crippen molar-refractivity contribution < 1.29 is 9.59 Å². The molecule has 1 fully saturated rings. The van der Waals surface area contributed by atoms with Crippen LogP contribution in [-0.4, -0.2) is 38.9 Å². The van der Waals surface area contributed by atoms with Crippen LogP contribution in [0.25, 0.3) is 0 Å². The van der Waals surface area contributed by atoms with Crippen molar-refractivity contribution in [3.63, 3.8) is 0 Å². The van der Waals surface area contributed by atoms with E-state index in [0.29, 0.717) is 24.6 Å². The van der Waals surface area contributed by atoms with Crippen molar-refractivity contribution in [3.8, 4) is 0 Å². The minimum absolute atomic E-state index is 0.102. The Labute approximate surface area is 159 Å². The Morgan fingerprint density at radius 2 is 2.00 bits per heavy atom. The Bertz CT molecular complexity index is 839. The lowest BCUT2D eigenvalue weighted by atomic mass is 10.1. The fourth-order valence-electron chi connectivity index (χ4n) is 3.64. The second kappa shape index (κ2) is 7.55. The normalized spacial score (nSPS) is 15.9. The molecule has 2 aromatic rings. The van der Waals surface area contributed by atoms with Crippen LogP contribution in [0.2, 0.25) is 0 Å². The summed E-state index contributed by atoms with van der Waals surface area (Å²) >= 11 is 0. The Hall–Kier alpha value is -2.63. The zero-order chi connectivity index (χ0) is 18.8. The molecule has 6 nitrogen and oxygen atoms in total. The number of carbonyl (C=O) groups excluding carboxylic acids is 2. The van der Waals surface area contributed by atoms with E-state index in [-0.39, 0.29) is 17.9 Å². The van der Waals surface area contributed by atoms with E-state index in [4.69, 9.17) is 0 Å². The first-order valence-electron chi connectivity index (χ1n) is 9.91. The monoisotopic (exact) mass is 366 g/mol. The van der Waals surface area contributed by atoms with Crippen LogP contribution < -0.4 is 5.32 Å². The topological polar surface area (TPSA) is 67.2 Å². The third-order valence-electron chi connectivity index (χ3n) is 5.32. The molecular weight excluding hydrogens is 340 g/mol. The molecule has 0 atom stereocenters. The molecule has 1 aromatic heterocycles. The second-order valence-electron chi connectivity index (χ2n) is 7.39. The summed E-state index contributed by atoms with van der Waals surface area (Å²) in [5, 5.41) is 3.02. The number of amides is 2. The van der Waals surface area contributed by atoms with Crippen molar-refractivity contribution in [1.29, 1.82) is 0 Å². The Morgan fingerprint density at radius 3 is 2.70 bits per heavy atom. The van der Waals surface area contributed by atoms with Gasteiger partial charge < -0.3 is 14.8 Å². The van der Waals surface area contributed by atoms with Crippen molar-refractivity contribution >= 4 is 11.8 Å². The number of fused-ring (bicyclic) bond motifs is 1. The molecule has 1 aliphatic carbocycles. The minimum atomic E-state index is -0.131. The zero-order valence-corrected chi connectivity index (χ0v) is 15.8. The maximum absolute atomic E-state index is 13.2. The van der Waals surface area contributed by atoms with Crippen LogP contribution in [0.1, 0.15) is 65.0 Å². The minimum Gasteiger partial charge on any atom is -0.348 e. The average Bonchev–Trinajstić information content (AvgIpc) is 3.43. The fourth-order valence-corrected chi connectivity index (χ4v) is 3.64. The lowest BCUT2D eigenvalue weighted by Gasteiger charge is -2.22. The van der Waals surface area contributed by atoms with Crippen molar-refractivity contribution in [2.75, 3.05) is 6.54 Å². The highest BCUT2D eigenvalue weighted by Gasteiger charge is 2.31. The van der Waals surface area contributed by atoms with E-state index in [1.807, 2.05) is 41.8 Å². The van der Waals surface area contributed by atoms with Gasteiger partial charge in [0.25, 0.3) is 11.8 Å². The summed E-state index contributed by atoms with van der Waals surface area (Å²) in [5.74, 6) is 0.173. The SMILES string of the molecule is CCN(Cc1ccccc1)C(=O)c1nc(C(=O)NC2CC2)c2n1CCCC2. The Kier molecular flexibility index (Phi) is 4.97. The molecular formula is C21H26N4O2. The van der Waals surface area contributed by atoms with E-state index in [0.717, 1.165) is 49.9 Å². The highest BCUT2D eigenvalue weighted by Crippen LogP contribution is 2.24. The van der Waals surface area contributed by atoms with Crippen LogP contribution in [0.4, 0.5) is 0 Å². The molecule has 1 saturated carbocycles. The van der Waals surface area contributed by atoms with E-state index in [2.05, 4.69) is 10.3 Å². The summed E-state index contributed by atoms with van der Waals surface area (Å²) in [7, 11) is 0. The highest BCUT2D eigenvalue weighted by atomic mass is 16.2. The van der Waals surface area contributed by atoms with Gasteiger partial charge in [-0.2, -0.15) is 0 Å². The number of nitrogens with zero attached hydrogens (tertiary/aromatic N) is 3. The van der Waals surface area contributed by atoms with Crippen LogP contribution in [0, 0.1) is 0 Å². The van der Waals surface area contributed by atoms with E-state index in [1.54, 1.807) is 4.90 Å². The van der Waals surface area contributed by atoms with E-state index < -0.39 is 0 Å². The van der Waals surface area contributed by atoms with Gasteiger partial charge in [0.05, 0.1) is 5.69 Å². The third-order valence-corrected chi connectivity index (χ3v) is 5.32. The molecule has 0 bridgehead atoms. The largest absolute Gasteiger partial charge is 0.348 e. The molecule has 4 rings (SSSR count). The molecule has 1 N–H and O–H groups in total. The molecule has 0 saturated heterocycles. The van der Waals surface area contributed by atoms with Gasteiger partial charge in [-0.15, -0.1) is 0 Å². The first kappa shape index (κ1) is 17.8. The van der Waals surface area contributed by atoms with Gasteiger partial charge in [0.15, 0.2) is 5.82 Å². The smallest absolute Gasteiger partial charge is 0.290 e. The second-order valence-corrected chi connectivity index (χ2v) is 7.39. The summed E-state index contributed by atoms with van der Waals surface area (Å²) in [5.41, 5.74) is 2.45. The molecule has 2 heterocycles. The lowest BCUT2D eigenvalue weighted by molar-refractivity contribution is 0.0734. The maximum atomic E-state index is 13.2. The first-order chi connectivity index (χ1) is 13.2. The van der Waals surface area contributed by atoms with Gasteiger partial charge in [0.2, 0.25) is 0 Å². The van der Waals surface area contributed by atoms with Gasteiger partial charge in [-0.05, 0) is 44.6 Å². The van der Waals surface area contributed by atoms with Gasteiger partial charge >= 0.3 is 0 Å². The molecule has 1 aromatic carbocycles. The van der Waals surface area contributed by atoms with Gasteiger partial charge in [-0.1, -0.05) is 30.3 Å². The summed E-state index contributed by atoms with van der Waals surface area (Å²) < 4.78 is 1.97. The highest BCUT2D eigenvalue weighted by molar-refractivity contribution is 5.97. The van der Waals surface area contributed by atoms with E-state index >= 15 is 0 Å². The van der Waals surface area contributed by atoms with Gasteiger partial charge in [-0.3, -0.25) is 9.59 Å². The van der Waals surface area contributed by atoms with Crippen LogP contribution in [0.5, 0.6) is 0 Å². The van der Waals surface area contributed by atoms with Crippen LogP contribution in [0.3, 0.4) is 0 Å². The molecule has 27 heavy (non-hydrogen) atoms. The van der Waals surface area contributed by atoms with Crippen LogP contribution in [0.15, 0.2) is 30.3 Å². The molecule has 1 aliphatic heterocycles. The fraction of sp³-hybridized carbons (Fsp3) is 0.476. The van der Waals surface area contributed by atoms with Crippen LogP contribution >= 0.6 is 0 Å². The number of hydrogen-bond donors (Lipinski definition) is 1. The number of imidazole rings is 1. The average molecular weight is 366 g/mol. The number of benzene rings is 1. The molecule has 0 spiro atoms. The van der Waals surface area contributed by atoms with Gasteiger partial charge in [0.1, 0.15) is 5.69 Å². The number of hydrogen-bond acceptors (Lipinski definition) is 3. The van der Waals surface area contributed by atoms with Crippen molar-refractivity contribution in [3.05, 3.63) is 53.1 Å². The predicted octanol–water partition coefficient (Wildman–Crippen LogP) is 2.77. The molecule has 2 aliphatic rings. The number of nitrogens with one attached hydrogen (secondary N) is 1. The van der Waals surface area contributed by atoms with Crippen molar-refractivity contribution in [2.24, 2.45) is 0 Å². The number of aromatic nitrogens is 2. The standard InChI is InChI=1S/C21H26N4O2/c1-2-24(14-15-8-4-3-5-9-15)21(27)19-23-18(20(26)22-16-11-12-16)17-10-6-7-13-25(17)19/h3-5,8-9,16H,2,6-7,10-14H2,1H3,(H,22,26). The maximum Gasteiger partial charge on any atom is 0.290 e.